The maximum Gasteiger partial charge on any atom is 0.387 e. The van der Waals surface area contributed by atoms with Crippen LogP contribution in [0.4, 0.5) is 8.78 Å². The summed E-state index contributed by atoms with van der Waals surface area (Å²) in [6.07, 6.45) is 0. The number of rotatable bonds is 4. The topological polar surface area (TPSA) is 26.3 Å². The SMILES string of the molecule is O=C(CBr)c1c(Cl)ccc(OC(F)F)c1Cl. The lowest BCUT2D eigenvalue weighted by Crippen LogP contribution is -2.07. The summed E-state index contributed by atoms with van der Waals surface area (Å²) in [4.78, 5) is 11.4. The summed E-state index contributed by atoms with van der Waals surface area (Å²) in [5, 5.41) is -0.127. The Hall–Kier alpha value is -0.390. The first-order valence-electron chi connectivity index (χ1n) is 3.99. The zero-order chi connectivity index (χ0) is 12.3. The lowest BCUT2D eigenvalue weighted by atomic mass is 10.1. The van der Waals surface area contributed by atoms with Gasteiger partial charge >= 0.3 is 6.61 Å². The fourth-order valence-corrected chi connectivity index (χ4v) is 1.95. The normalized spacial score (nSPS) is 10.6. The van der Waals surface area contributed by atoms with Crippen molar-refractivity contribution < 1.29 is 18.3 Å². The molecule has 2 nitrogen and oxygen atoms in total. The van der Waals surface area contributed by atoms with Crippen LogP contribution >= 0.6 is 39.1 Å². The molecule has 0 bridgehead atoms. The van der Waals surface area contributed by atoms with Gasteiger partial charge in [-0.05, 0) is 12.1 Å². The molecule has 0 unspecified atom stereocenters. The predicted molar refractivity (Wildman–Crippen MR) is 61.2 cm³/mol. The molecule has 1 aromatic carbocycles. The number of halogens is 5. The average Bonchev–Trinajstić information content (AvgIpc) is 2.21. The van der Waals surface area contributed by atoms with Crippen LogP contribution in [0.2, 0.25) is 10.0 Å². The van der Waals surface area contributed by atoms with Gasteiger partial charge < -0.3 is 4.74 Å². The maximum atomic E-state index is 12.0. The lowest BCUT2D eigenvalue weighted by Gasteiger charge is -2.10. The summed E-state index contributed by atoms with van der Waals surface area (Å²) in [5.41, 5.74) is -0.0293. The summed E-state index contributed by atoms with van der Waals surface area (Å²) in [6.45, 7) is -3.01. The molecule has 0 aromatic heterocycles. The second-order valence-corrected chi connectivity index (χ2v) is 4.02. The van der Waals surface area contributed by atoms with Crippen molar-refractivity contribution in [1.29, 1.82) is 0 Å². The molecule has 0 heterocycles. The van der Waals surface area contributed by atoms with Gasteiger partial charge in [-0.2, -0.15) is 8.78 Å². The first-order chi connectivity index (χ1) is 7.47. The largest absolute Gasteiger partial charge is 0.433 e. The number of ether oxygens (including phenoxy) is 1. The number of carbonyl (C=O) groups is 1. The van der Waals surface area contributed by atoms with Gasteiger partial charge in [0, 0.05) is 0 Å². The predicted octanol–water partition coefficient (Wildman–Crippen LogP) is 4.17. The first-order valence-corrected chi connectivity index (χ1v) is 5.87. The molecule has 0 spiro atoms. The molecule has 0 saturated heterocycles. The van der Waals surface area contributed by atoms with Crippen molar-refractivity contribution in [2.75, 3.05) is 5.33 Å². The van der Waals surface area contributed by atoms with E-state index in [1.165, 1.54) is 12.1 Å². The Balaban J connectivity index is 3.21. The van der Waals surface area contributed by atoms with E-state index in [1.807, 2.05) is 0 Å². The van der Waals surface area contributed by atoms with Gasteiger partial charge in [-0.25, -0.2) is 0 Å². The molecular weight excluding hydrogens is 329 g/mol. The number of hydrogen-bond acceptors (Lipinski definition) is 2. The summed E-state index contributed by atoms with van der Waals surface area (Å²) in [5.74, 6) is -0.680. The number of ketones is 1. The Morgan fingerprint density at radius 1 is 1.44 bits per heavy atom. The van der Waals surface area contributed by atoms with E-state index in [9.17, 15) is 13.6 Å². The zero-order valence-electron chi connectivity index (χ0n) is 7.65. The van der Waals surface area contributed by atoms with Crippen LogP contribution in [0.5, 0.6) is 5.75 Å². The van der Waals surface area contributed by atoms with Crippen molar-refractivity contribution in [2.24, 2.45) is 0 Å². The van der Waals surface area contributed by atoms with Gasteiger partial charge in [-0.15, -0.1) is 0 Å². The van der Waals surface area contributed by atoms with Gasteiger partial charge in [0.2, 0.25) is 0 Å². The highest BCUT2D eigenvalue weighted by Gasteiger charge is 2.19. The number of alkyl halides is 3. The Kier molecular flexibility index (Phi) is 4.95. The van der Waals surface area contributed by atoms with E-state index in [4.69, 9.17) is 23.2 Å². The summed E-state index contributed by atoms with van der Waals surface area (Å²) < 4.78 is 28.2. The van der Waals surface area contributed by atoms with Crippen LogP contribution in [-0.4, -0.2) is 17.7 Å². The average molecular weight is 334 g/mol. The molecule has 0 atom stereocenters. The molecule has 0 aliphatic carbocycles. The van der Waals surface area contributed by atoms with E-state index in [2.05, 4.69) is 20.7 Å². The van der Waals surface area contributed by atoms with Crippen molar-refractivity contribution in [3.63, 3.8) is 0 Å². The smallest absolute Gasteiger partial charge is 0.387 e. The van der Waals surface area contributed by atoms with E-state index in [0.29, 0.717) is 0 Å². The molecule has 0 fully saturated rings. The van der Waals surface area contributed by atoms with Crippen LogP contribution < -0.4 is 4.74 Å². The van der Waals surface area contributed by atoms with E-state index >= 15 is 0 Å². The van der Waals surface area contributed by atoms with Crippen molar-refractivity contribution in [3.8, 4) is 5.75 Å². The number of hydrogen-bond donors (Lipinski definition) is 0. The molecule has 1 rings (SSSR count). The number of carbonyl (C=O) groups excluding carboxylic acids is 1. The monoisotopic (exact) mass is 332 g/mol. The number of Topliss-reactive ketones (excluding diaryl/α,β-unsaturated/α-hetero) is 1. The van der Waals surface area contributed by atoms with Gasteiger partial charge in [0.1, 0.15) is 5.75 Å². The van der Waals surface area contributed by atoms with Crippen LogP contribution in [0.3, 0.4) is 0 Å². The minimum absolute atomic E-state index is 0.00935. The fourth-order valence-electron chi connectivity index (χ4n) is 1.04. The van der Waals surface area contributed by atoms with Crippen LogP contribution in [-0.2, 0) is 0 Å². The minimum Gasteiger partial charge on any atom is -0.433 e. The highest BCUT2D eigenvalue weighted by molar-refractivity contribution is 9.09. The third-order valence-corrected chi connectivity index (χ3v) is 2.87. The minimum atomic E-state index is -3.01. The highest BCUT2D eigenvalue weighted by Crippen LogP contribution is 2.34. The third kappa shape index (κ3) is 3.06. The van der Waals surface area contributed by atoms with Crippen LogP contribution in [0.15, 0.2) is 12.1 Å². The Labute approximate surface area is 109 Å². The van der Waals surface area contributed by atoms with Gasteiger partial charge in [-0.1, -0.05) is 39.1 Å². The van der Waals surface area contributed by atoms with Gasteiger partial charge in [0.15, 0.2) is 5.78 Å². The zero-order valence-corrected chi connectivity index (χ0v) is 10.7. The quantitative estimate of drug-likeness (QED) is 0.610. The standard InChI is InChI=1S/C9H5BrCl2F2O2/c10-3-5(15)7-4(11)1-2-6(8(7)12)16-9(13)14/h1-2,9H,3H2. The number of benzene rings is 1. The summed E-state index contributed by atoms with van der Waals surface area (Å²) in [6, 6.07) is 2.46. The second-order valence-electron chi connectivity index (χ2n) is 2.67. The molecule has 1 aromatic rings. The Morgan fingerprint density at radius 2 is 2.06 bits per heavy atom. The fraction of sp³-hybridized carbons (Fsp3) is 0.222. The van der Waals surface area contributed by atoms with Gasteiger partial charge in [-0.3, -0.25) is 4.79 Å². The molecule has 0 N–H and O–H groups in total. The molecule has 0 radical (unpaired) electrons. The highest BCUT2D eigenvalue weighted by atomic mass is 79.9. The molecule has 7 heteroatoms. The van der Waals surface area contributed by atoms with Gasteiger partial charge in [0.25, 0.3) is 0 Å². The van der Waals surface area contributed by atoms with Crippen molar-refractivity contribution >= 4 is 44.9 Å². The lowest BCUT2D eigenvalue weighted by molar-refractivity contribution is -0.0498. The molecule has 88 valence electrons. The Bertz CT molecular complexity index is 413. The second kappa shape index (κ2) is 5.80. The van der Waals surface area contributed by atoms with Crippen molar-refractivity contribution in [1.82, 2.24) is 0 Å². The Morgan fingerprint density at radius 3 is 2.56 bits per heavy atom. The first kappa shape index (κ1) is 13.7. The molecule has 0 aliphatic rings. The molecule has 0 saturated carbocycles. The molecule has 0 aliphatic heterocycles. The van der Waals surface area contributed by atoms with Crippen LogP contribution in [0.25, 0.3) is 0 Å². The van der Waals surface area contributed by atoms with E-state index in [0.717, 1.165) is 0 Å². The van der Waals surface area contributed by atoms with Crippen molar-refractivity contribution in [2.45, 2.75) is 6.61 Å². The third-order valence-electron chi connectivity index (χ3n) is 1.67. The van der Waals surface area contributed by atoms with Gasteiger partial charge in [0.05, 0.1) is 20.9 Å². The van der Waals surface area contributed by atoms with E-state index in [-0.39, 0.29) is 26.7 Å². The van der Waals surface area contributed by atoms with E-state index < -0.39 is 12.4 Å². The molecule has 16 heavy (non-hydrogen) atoms. The van der Waals surface area contributed by atoms with Crippen LogP contribution in [0.1, 0.15) is 10.4 Å². The molecular formula is C9H5BrCl2F2O2. The van der Waals surface area contributed by atoms with E-state index in [1.54, 1.807) is 0 Å². The summed E-state index contributed by atoms with van der Waals surface area (Å²) >= 11 is 14.4. The van der Waals surface area contributed by atoms with Crippen LogP contribution in [0, 0.1) is 0 Å². The maximum absolute atomic E-state index is 12.0. The summed E-state index contributed by atoms with van der Waals surface area (Å²) in [7, 11) is 0. The van der Waals surface area contributed by atoms with Crippen molar-refractivity contribution in [3.05, 3.63) is 27.7 Å². The molecule has 0 amide bonds.